The molecule has 4 aromatic rings. The van der Waals surface area contributed by atoms with Gasteiger partial charge in [0.15, 0.2) is 16.9 Å². The molecule has 0 aliphatic carbocycles. The van der Waals surface area contributed by atoms with Crippen molar-refractivity contribution < 1.29 is 38.8 Å². The fraction of sp³-hybridized carbons (Fsp3) is 0.148. The molecule has 9 heteroatoms. The zero-order chi connectivity index (χ0) is 26.0. The molecule has 3 aromatic carbocycles. The molecule has 9 nitrogen and oxygen atoms in total. The summed E-state index contributed by atoms with van der Waals surface area (Å²) in [5.74, 6) is -4.61. The number of carbonyl (C=O) groups is 2. The zero-order valence-electron chi connectivity index (χ0n) is 19.3. The lowest BCUT2D eigenvalue weighted by Crippen LogP contribution is -2.13. The molecule has 0 unspecified atom stereocenters. The van der Waals surface area contributed by atoms with E-state index in [0.717, 1.165) is 6.07 Å². The molecule has 0 spiro atoms. The Balaban J connectivity index is 2.03. The van der Waals surface area contributed by atoms with Gasteiger partial charge in [0.1, 0.15) is 16.7 Å². The minimum Gasteiger partial charge on any atom is -0.504 e. The van der Waals surface area contributed by atoms with Crippen molar-refractivity contribution in [2.75, 3.05) is 14.2 Å². The summed E-state index contributed by atoms with van der Waals surface area (Å²) in [6.45, 7) is 0. The third-order valence-electron chi connectivity index (χ3n) is 5.87. The summed E-state index contributed by atoms with van der Waals surface area (Å²) in [5, 5.41) is 31.5. The Labute approximate surface area is 204 Å². The number of hydrogen-bond donors (Lipinski definition) is 3. The molecule has 36 heavy (non-hydrogen) atoms. The van der Waals surface area contributed by atoms with Crippen LogP contribution in [0.5, 0.6) is 17.2 Å². The maximum absolute atomic E-state index is 13.0. The fourth-order valence-corrected chi connectivity index (χ4v) is 4.05. The van der Waals surface area contributed by atoms with Gasteiger partial charge in [-0.3, -0.25) is 9.59 Å². The number of aromatic hydroxyl groups is 3. The van der Waals surface area contributed by atoms with Gasteiger partial charge in [0.25, 0.3) is 0 Å². The molecule has 0 aliphatic heterocycles. The summed E-state index contributed by atoms with van der Waals surface area (Å²) in [6.07, 6.45) is -0.319. The van der Waals surface area contributed by atoms with E-state index in [1.54, 1.807) is 30.3 Å². The Hall–Kier alpha value is -4.79. The van der Waals surface area contributed by atoms with E-state index in [0.29, 0.717) is 11.1 Å². The molecule has 184 valence electrons. The van der Waals surface area contributed by atoms with Crippen molar-refractivity contribution in [1.82, 2.24) is 0 Å². The monoisotopic (exact) mass is 490 g/mol. The first-order valence-electron chi connectivity index (χ1n) is 10.8. The topological polar surface area (TPSA) is 144 Å². The van der Waals surface area contributed by atoms with Gasteiger partial charge >= 0.3 is 11.9 Å². The molecule has 0 saturated carbocycles. The SMILES string of the molecule is COC(=O)C[C@@H](c1ccc(C(=O)OC)cc1)c1c(O)c(O)c(O)c2c(=O)cc(-c3ccccc3)oc12. The highest BCUT2D eigenvalue weighted by Crippen LogP contribution is 2.49. The fourth-order valence-electron chi connectivity index (χ4n) is 4.05. The van der Waals surface area contributed by atoms with Gasteiger partial charge in [0.05, 0.1) is 26.2 Å². The van der Waals surface area contributed by atoms with Crippen LogP contribution in [0.2, 0.25) is 0 Å². The third-order valence-corrected chi connectivity index (χ3v) is 5.87. The van der Waals surface area contributed by atoms with Crippen molar-refractivity contribution in [3.05, 3.63) is 87.6 Å². The molecule has 4 rings (SSSR count). The van der Waals surface area contributed by atoms with E-state index in [2.05, 4.69) is 0 Å². The summed E-state index contributed by atoms with van der Waals surface area (Å²) in [7, 11) is 2.44. The highest BCUT2D eigenvalue weighted by atomic mass is 16.5. The minimum atomic E-state index is -0.993. The van der Waals surface area contributed by atoms with Crippen LogP contribution >= 0.6 is 0 Å². The van der Waals surface area contributed by atoms with Crippen molar-refractivity contribution in [3.63, 3.8) is 0 Å². The van der Waals surface area contributed by atoms with Crippen LogP contribution in [-0.4, -0.2) is 41.5 Å². The average Bonchev–Trinajstić information content (AvgIpc) is 2.90. The predicted octanol–water partition coefficient (Wildman–Crippen LogP) is 4.06. The van der Waals surface area contributed by atoms with Crippen molar-refractivity contribution in [3.8, 4) is 28.6 Å². The van der Waals surface area contributed by atoms with Crippen molar-refractivity contribution >= 4 is 22.9 Å². The van der Waals surface area contributed by atoms with Crippen LogP contribution in [0, 0.1) is 0 Å². The Morgan fingerprint density at radius 2 is 1.56 bits per heavy atom. The average molecular weight is 490 g/mol. The molecule has 1 aromatic heterocycles. The van der Waals surface area contributed by atoms with Crippen LogP contribution in [0.4, 0.5) is 0 Å². The van der Waals surface area contributed by atoms with Gasteiger partial charge in [-0.1, -0.05) is 42.5 Å². The van der Waals surface area contributed by atoms with Gasteiger partial charge in [-0.05, 0) is 17.7 Å². The molecule has 0 radical (unpaired) electrons. The normalized spacial score (nSPS) is 11.7. The molecule has 3 N–H and O–H groups in total. The number of ether oxygens (including phenoxy) is 2. The van der Waals surface area contributed by atoms with E-state index in [-0.39, 0.29) is 34.3 Å². The van der Waals surface area contributed by atoms with Gasteiger partial charge < -0.3 is 29.2 Å². The number of hydrogen-bond acceptors (Lipinski definition) is 9. The van der Waals surface area contributed by atoms with Gasteiger partial charge in [-0.15, -0.1) is 0 Å². The maximum Gasteiger partial charge on any atom is 0.337 e. The van der Waals surface area contributed by atoms with Gasteiger partial charge in [-0.25, -0.2) is 4.79 Å². The first-order chi connectivity index (χ1) is 17.3. The molecule has 0 bridgehead atoms. The van der Waals surface area contributed by atoms with Crippen molar-refractivity contribution in [1.29, 1.82) is 0 Å². The number of benzene rings is 3. The van der Waals surface area contributed by atoms with Gasteiger partial charge in [-0.2, -0.15) is 0 Å². The molecular formula is C27H22O9. The second-order valence-electron chi connectivity index (χ2n) is 7.95. The number of methoxy groups -OCH3 is 2. The number of carbonyl (C=O) groups excluding carboxylic acids is 2. The summed E-state index contributed by atoms with van der Waals surface area (Å²) >= 11 is 0. The van der Waals surface area contributed by atoms with Crippen LogP contribution in [-0.2, 0) is 14.3 Å². The lowest BCUT2D eigenvalue weighted by atomic mass is 9.85. The number of esters is 2. The highest BCUT2D eigenvalue weighted by molar-refractivity contribution is 5.94. The van der Waals surface area contributed by atoms with E-state index < -0.39 is 40.5 Å². The van der Waals surface area contributed by atoms with Crippen LogP contribution in [0.3, 0.4) is 0 Å². The number of phenolic OH excluding ortho intramolecular Hbond substituents is 3. The molecule has 0 aliphatic rings. The predicted molar refractivity (Wildman–Crippen MR) is 129 cm³/mol. The smallest absolute Gasteiger partial charge is 0.337 e. The summed E-state index contributed by atoms with van der Waals surface area (Å²) < 4.78 is 15.6. The highest BCUT2D eigenvalue weighted by Gasteiger charge is 2.31. The molecule has 1 heterocycles. The van der Waals surface area contributed by atoms with E-state index in [4.69, 9.17) is 13.9 Å². The molecule has 0 saturated heterocycles. The molecule has 1 atom stereocenters. The molecule has 0 amide bonds. The Kier molecular flexibility index (Phi) is 6.64. The minimum absolute atomic E-state index is 0.105. The largest absolute Gasteiger partial charge is 0.504 e. The molecule has 0 fully saturated rings. The first kappa shape index (κ1) is 24.3. The van der Waals surface area contributed by atoms with E-state index in [1.165, 1.54) is 38.5 Å². The van der Waals surface area contributed by atoms with Crippen LogP contribution in [0.1, 0.15) is 33.8 Å². The van der Waals surface area contributed by atoms with Crippen molar-refractivity contribution in [2.45, 2.75) is 12.3 Å². The van der Waals surface area contributed by atoms with Gasteiger partial charge in [0, 0.05) is 23.1 Å². The lowest BCUT2D eigenvalue weighted by Gasteiger charge is -2.21. The second-order valence-corrected chi connectivity index (χ2v) is 7.95. The van der Waals surface area contributed by atoms with Gasteiger partial charge in [0.2, 0.25) is 5.75 Å². The summed E-state index contributed by atoms with van der Waals surface area (Å²) in [4.78, 5) is 37.3. The second kappa shape index (κ2) is 9.83. The quantitative estimate of drug-likeness (QED) is 0.269. The summed E-state index contributed by atoms with van der Waals surface area (Å²) in [6, 6.07) is 15.9. The Morgan fingerprint density at radius 1 is 0.889 bits per heavy atom. The molecular weight excluding hydrogens is 468 g/mol. The van der Waals surface area contributed by atoms with Crippen molar-refractivity contribution in [2.24, 2.45) is 0 Å². The summed E-state index contributed by atoms with van der Waals surface area (Å²) in [5.41, 5.74) is 0.260. The first-order valence-corrected chi connectivity index (χ1v) is 10.8. The number of rotatable bonds is 6. The van der Waals surface area contributed by atoms with E-state index in [9.17, 15) is 29.7 Å². The lowest BCUT2D eigenvalue weighted by molar-refractivity contribution is -0.140. The van der Waals surface area contributed by atoms with Crippen LogP contribution in [0.15, 0.2) is 69.9 Å². The van der Waals surface area contributed by atoms with Crippen LogP contribution < -0.4 is 5.43 Å². The maximum atomic E-state index is 13.0. The zero-order valence-corrected chi connectivity index (χ0v) is 19.3. The standard InChI is InChI=1S/C27H22O9/c1-34-20(29)12-17(14-8-10-16(11-9-14)27(33)35-2)21-23(30)25(32)24(31)22-18(28)13-19(36-26(21)22)15-6-4-3-5-7-15/h3-11,13,17,30-32H,12H2,1-2H3/t17-/m0/s1. The Morgan fingerprint density at radius 3 is 2.17 bits per heavy atom. The van der Waals surface area contributed by atoms with Crippen LogP contribution in [0.25, 0.3) is 22.3 Å². The number of fused-ring (bicyclic) bond motifs is 1. The third kappa shape index (κ3) is 4.34. The van der Waals surface area contributed by atoms with E-state index in [1.807, 2.05) is 0 Å². The number of phenols is 3. The Bertz CT molecular complexity index is 1500. The van der Waals surface area contributed by atoms with E-state index >= 15 is 0 Å².